The summed E-state index contributed by atoms with van der Waals surface area (Å²) in [5.74, 6) is -0.262. The van der Waals surface area contributed by atoms with Crippen LogP contribution in [0.5, 0.6) is 0 Å². The summed E-state index contributed by atoms with van der Waals surface area (Å²) >= 11 is 0. The van der Waals surface area contributed by atoms with Crippen molar-refractivity contribution >= 4 is 14.3 Å². The predicted octanol–water partition coefficient (Wildman–Crippen LogP) is 9.16. The lowest BCUT2D eigenvalue weighted by Crippen LogP contribution is -2.38. The number of benzene rings is 1. The quantitative estimate of drug-likeness (QED) is 0.0867. The van der Waals surface area contributed by atoms with E-state index in [1.54, 1.807) is 0 Å². The van der Waals surface area contributed by atoms with Crippen LogP contribution in [0.15, 0.2) is 42.0 Å². The summed E-state index contributed by atoms with van der Waals surface area (Å²) in [4.78, 5) is 12.8. The highest BCUT2D eigenvalue weighted by atomic mass is 28.4. The average molecular weight is 475 g/mol. The van der Waals surface area contributed by atoms with Crippen molar-refractivity contribution in [3.8, 4) is 0 Å². The van der Waals surface area contributed by atoms with Gasteiger partial charge >= 0.3 is 5.97 Å². The van der Waals surface area contributed by atoms with E-state index in [1.165, 1.54) is 64.9 Å². The van der Waals surface area contributed by atoms with Crippen LogP contribution >= 0.6 is 0 Å². The Hall–Kier alpha value is -1.39. The van der Waals surface area contributed by atoms with Crippen molar-refractivity contribution < 1.29 is 14.0 Å². The molecule has 0 aliphatic heterocycles. The van der Waals surface area contributed by atoms with Crippen molar-refractivity contribution in [2.24, 2.45) is 0 Å². The molecule has 4 heteroatoms. The Balaban J connectivity index is 2.78. The molecule has 0 fully saturated rings. The molecule has 3 nitrogen and oxygen atoms in total. The molecule has 0 saturated heterocycles. The van der Waals surface area contributed by atoms with Gasteiger partial charge in [-0.05, 0) is 36.5 Å². The van der Waals surface area contributed by atoms with Crippen molar-refractivity contribution in [2.45, 2.75) is 123 Å². The number of ether oxygens (including phenoxy) is 1. The molecule has 1 unspecified atom stereocenters. The van der Waals surface area contributed by atoms with Gasteiger partial charge in [0.05, 0.1) is 12.7 Å². The van der Waals surface area contributed by atoms with Crippen molar-refractivity contribution in [3.63, 3.8) is 0 Å². The van der Waals surface area contributed by atoms with Gasteiger partial charge in [-0.3, -0.25) is 0 Å². The molecule has 0 heterocycles. The Morgan fingerprint density at radius 3 is 1.82 bits per heavy atom. The Labute approximate surface area is 205 Å². The minimum absolute atomic E-state index is 0.262. The first-order valence-electron chi connectivity index (χ1n) is 13.6. The maximum Gasteiger partial charge on any atom is 0.336 e. The molecule has 0 spiro atoms. The molecule has 1 rings (SSSR count). The van der Waals surface area contributed by atoms with Crippen LogP contribution in [0.4, 0.5) is 0 Å². The van der Waals surface area contributed by atoms with E-state index in [-0.39, 0.29) is 12.1 Å². The van der Waals surface area contributed by atoms with Crippen molar-refractivity contribution in [1.82, 2.24) is 0 Å². The van der Waals surface area contributed by atoms with E-state index in [1.807, 2.05) is 18.2 Å². The molecular weight excluding hydrogens is 424 g/mol. The summed E-state index contributed by atoms with van der Waals surface area (Å²) in [5.41, 5.74) is 1.72. The lowest BCUT2D eigenvalue weighted by Gasteiger charge is -2.34. The predicted molar refractivity (Wildman–Crippen MR) is 144 cm³/mol. The number of carbonyl (C=O) groups excluding carboxylic acids is 1. The fourth-order valence-corrected chi connectivity index (χ4v) is 7.26. The van der Waals surface area contributed by atoms with Gasteiger partial charge in [-0.15, -0.1) is 0 Å². The molecule has 0 aliphatic carbocycles. The first kappa shape index (κ1) is 29.6. The third kappa shape index (κ3) is 11.1. The smallest absolute Gasteiger partial charge is 0.336 e. The summed E-state index contributed by atoms with van der Waals surface area (Å²) in [5, 5.41) is 0. The minimum atomic E-state index is -1.92. The SMILES string of the molecule is CCCCCCCCCCCC/C=C(\C(=O)OC)C(O[Si](CC)(CC)CC)c1ccccc1. The molecule has 0 bridgehead atoms. The molecule has 1 aromatic rings. The molecule has 0 aliphatic rings. The van der Waals surface area contributed by atoms with Gasteiger partial charge in [0, 0.05) is 0 Å². The molecule has 1 aromatic carbocycles. The van der Waals surface area contributed by atoms with Crippen LogP contribution in [-0.4, -0.2) is 21.4 Å². The van der Waals surface area contributed by atoms with E-state index in [2.05, 4.69) is 45.9 Å². The van der Waals surface area contributed by atoms with Gasteiger partial charge in [-0.2, -0.15) is 0 Å². The fraction of sp³-hybridized carbons (Fsp3) is 0.690. The Bertz CT molecular complexity index is 644. The van der Waals surface area contributed by atoms with E-state index in [9.17, 15) is 4.79 Å². The van der Waals surface area contributed by atoms with Gasteiger partial charge in [0.25, 0.3) is 0 Å². The fourth-order valence-electron chi connectivity index (χ4n) is 4.49. The normalized spacial score (nSPS) is 13.2. The molecule has 0 aromatic heterocycles. The summed E-state index contributed by atoms with van der Waals surface area (Å²) < 4.78 is 12.1. The van der Waals surface area contributed by atoms with Crippen LogP contribution in [0.25, 0.3) is 0 Å². The summed E-state index contributed by atoms with van der Waals surface area (Å²) in [6, 6.07) is 13.4. The van der Waals surface area contributed by atoms with E-state index >= 15 is 0 Å². The van der Waals surface area contributed by atoms with E-state index in [4.69, 9.17) is 9.16 Å². The Kier molecular flexibility index (Phi) is 16.2. The Morgan fingerprint density at radius 1 is 0.818 bits per heavy atom. The first-order valence-corrected chi connectivity index (χ1v) is 16.1. The summed E-state index contributed by atoms with van der Waals surface area (Å²) in [6.07, 6.45) is 15.8. The zero-order chi connectivity index (χ0) is 24.4. The Morgan fingerprint density at radius 2 is 1.33 bits per heavy atom. The topological polar surface area (TPSA) is 35.5 Å². The number of hydrogen-bond acceptors (Lipinski definition) is 3. The number of rotatable bonds is 19. The summed E-state index contributed by atoms with van der Waals surface area (Å²) in [6.45, 7) is 8.95. The molecule has 0 saturated carbocycles. The molecular formula is C29H50O3Si. The molecule has 33 heavy (non-hydrogen) atoms. The maximum absolute atomic E-state index is 12.8. The number of hydrogen-bond donors (Lipinski definition) is 0. The van der Waals surface area contributed by atoms with Crippen LogP contribution in [0, 0.1) is 0 Å². The highest BCUT2D eigenvalue weighted by molar-refractivity contribution is 6.73. The molecule has 0 N–H and O–H groups in total. The lowest BCUT2D eigenvalue weighted by atomic mass is 9.99. The van der Waals surface area contributed by atoms with Crippen molar-refractivity contribution in [2.75, 3.05) is 7.11 Å². The van der Waals surface area contributed by atoms with Gasteiger partial charge in [0.2, 0.25) is 0 Å². The van der Waals surface area contributed by atoms with Crippen LogP contribution < -0.4 is 0 Å². The number of esters is 1. The number of carbonyl (C=O) groups is 1. The molecule has 0 amide bonds. The highest BCUT2D eigenvalue weighted by Crippen LogP contribution is 2.35. The van der Waals surface area contributed by atoms with Gasteiger partial charge in [0.1, 0.15) is 6.10 Å². The standard InChI is InChI=1S/C29H50O3Si/c1-6-10-11-12-13-14-15-16-17-18-22-25-27(29(30)31-5)28(26-23-20-19-21-24-26)32-33(7-2,8-3)9-4/h19-21,23-25,28H,6-18,22H2,1-5H3/b27-25-. The second kappa shape index (κ2) is 18.0. The highest BCUT2D eigenvalue weighted by Gasteiger charge is 2.35. The van der Waals surface area contributed by atoms with Gasteiger partial charge in [0.15, 0.2) is 8.32 Å². The average Bonchev–Trinajstić information content (AvgIpc) is 2.86. The lowest BCUT2D eigenvalue weighted by molar-refractivity contribution is -0.137. The third-order valence-electron chi connectivity index (χ3n) is 7.03. The van der Waals surface area contributed by atoms with Crippen LogP contribution in [-0.2, 0) is 14.0 Å². The molecule has 0 radical (unpaired) electrons. The van der Waals surface area contributed by atoms with Crippen LogP contribution in [0.2, 0.25) is 18.1 Å². The number of allylic oxidation sites excluding steroid dienone is 1. The first-order chi connectivity index (χ1) is 16.1. The zero-order valence-corrected chi connectivity index (χ0v) is 23.2. The van der Waals surface area contributed by atoms with E-state index in [0.29, 0.717) is 5.57 Å². The number of methoxy groups -OCH3 is 1. The summed E-state index contributed by atoms with van der Waals surface area (Å²) in [7, 11) is -0.440. The van der Waals surface area contributed by atoms with E-state index < -0.39 is 8.32 Å². The maximum atomic E-state index is 12.8. The largest absolute Gasteiger partial charge is 0.466 e. The van der Waals surface area contributed by atoms with E-state index in [0.717, 1.165) is 36.5 Å². The van der Waals surface area contributed by atoms with Crippen LogP contribution in [0.1, 0.15) is 110 Å². The molecule has 188 valence electrons. The molecule has 1 atom stereocenters. The second-order valence-corrected chi connectivity index (χ2v) is 14.0. The monoisotopic (exact) mass is 474 g/mol. The van der Waals surface area contributed by atoms with Crippen molar-refractivity contribution in [3.05, 3.63) is 47.5 Å². The zero-order valence-electron chi connectivity index (χ0n) is 22.2. The minimum Gasteiger partial charge on any atom is -0.466 e. The third-order valence-corrected chi connectivity index (χ3v) is 11.6. The number of unbranched alkanes of at least 4 members (excludes halogenated alkanes) is 10. The van der Waals surface area contributed by atoms with Crippen molar-refractivity contribution in [1.29, 1.82) is 0 Å². The van der Waals surface area contributed by atoms with Crippen LogP contribution in [0.3, 0.4) is 0 Å². The van der Waals surface area contributed by atoms with Gasteiger partial charge < -0.3 is 9.16 Å². The van der Waals surface area contributed by atoms with Gasteiger partial charge in [-0.1, -0.05) is 122 Å². The van der Waals surface area contributed by atoms with Gasteiger partial charge in [-0.25, -0.2) is 4.79 Å². The second-order valence-electron chi connectivity index (χ2n) is 9.27.